The number of ether oxygens (including phenoxy) is 1. The fourth-order valence-corrected chi connectivity index (χ4v) is 0.326. The fraction of sp³-hybridized carbons (Fsp3) is 0.800. The van der Waals surface area contributed by atoms with Gasteiger partial charge in [0.1, 0.15) is 12.8 Å². The van der Waals surface area contributed by atoms with Crippen LogP contribution in [-0.4, -0.2) is 35.7 Å². The van der Waals surface area contributed by atoms with Gasteiger partial charge in [0.15, 0.2) is 0 Å². The smallest absolute Gasteiger partial charge is 0.409 e. The molecule has 0 saturated carbocycles. The monoisotopic (exact) mass is 149 g/mol. The van der Waals surface area contributed by atoms with Gasteiger partial charge in [-0.1, -0.05) is 0 Å². The van der Waals surface area contributed by atoms with Gasteiger partial charge in [-0.15, -0.1) is 0 Å². The van der Waals surface area contributed by atoms with E-state index in [2.05, 4.69) is 4.74 Å². The lowest BCUT2D eigenvalue weighted by atomic mass is 10.4. The van der Waals surface area contributed by atoms with E-state index in [-0.39, 0.29) is 6.61 Å². The van der Waals surface area contributed by atoms with Gasteiger partial charge in [0.25, 0.3) is 0 Å². The highest BCUT2D eigenvalue weighted by Gasteiger charge is 2.05. The summed E-state index contributed by atoms with van der Waals surface area (Å²) >= 11 is 0. The molecule has 1 unspecified atom stereocenters. The molecule has 5 nitrogen and oxygen atoms in total. The average Bonchev–Trinajstić information content (AvgIpc) is 1.88. The average molecular weight is 149 g/mol. The Morgan fingerprint density at radius 2 is 2.30 bits per heavy atom. The van der Waals surface area contributed by atoms with Crippen molar-refractivity contribution in [2.24, 2.45) is 0 Å². The Bertz CT molecular complexity index is 106. The highest BCUT2D eigenvalue weighted by Crippen LogP contribution is 1.87. The molecular formula is C5H11NO4. The van der Waals surface area contributed by atoms with Gasteiger partial charge in [-0.25, -0.2) is 4.79 Å². The summed E-state index contributed by atoms with van der Waals surface area (Å²) < 4.78 is 4.48. The SMILES string of the molecule is CC(CO)OC(=O)NCO. The predicted molar refractivity (Wildman–Crippen MR) is 33.3 cm³/mol. The third-order valence-corrected chi connectivity index (χ3v) is 0.789. The van der Waals surface area contributed by atoms with Gasteiger partial charge in [-0.05, 0) is 6.92 Å². The van der Waals surface area contributed by atoms with Crippen molar-refractivity contribution in [1.29, 1.82) is 0 Å². The number of hydrogen-bond donors (Lipinski definition) is 3. The van der Waals surface area contributed by atoms with E-state index in [1.165, 1.54) is 6.92 Å². The van der Waals surface area contributed by atoms with Crippen LogP contribution in [0, 0.1) is 0 Å². The third kappa shape index (κ3) is 4.11. The summed E-state index contributed by atoms with van der Waals surface area (Å²) in [5, 5.41) is 18.5. The molecule has 0 bridgehead atoms. The molecule has 0 aliphatic rings. The maximum Gasteiger partial charge on any atom is 0.409 e. The molecule has 0 fully saturated rings. The molecular weight excluding hydrogens is 138 g/mol. The van der Waals surface area contributed by atoms with Gasteiger partial charge in [-0.2, -0.15) is 0 Å². The number of aliphatic hydroxyl groups excluding tert-OH is 2. The summed E-state index contributed by atoms with van der Waals surface area (Å²) in [6.07, 6.45) is -1.27. The first-order valence-corrected chi connectivity index (χ1v) is 2.87. The van der Waals surface area contributed by atoms with E-state index in [0.717, 1.165) is 0 Å². The van der Waals surface area contributed by atoms with Crippen LogP contribution < -0.4 is 5.32 Å². The number of hydrogen-bond acceptors (Lipinski definition) is 4. The Balaban J connectivity index is 3.37. The first-order valence-electron chi connectivity index (χ1n) is 2.87. The summed E-state index contributed by atoms with van der Waals surface area (Å²) in [7, 11) is 0. The molecule has 0 spiro atoms. The van der Waals surface area contributed by atoms with Crippen molar-refractivity contribution in [1.82, 2.24) is 5.32 Å². The van der Waals surface area contributed by atoms with Crippen LogP contribution in [0.5, 0.6) is 0 Å². The molecule has 1 amide bonds. The van der Waals surface area contributed by atoms with Crippen molar-refractivity contribution in [2.45, 2.75) is 13.0 Å². The topological polar surface area (TPSA) is 78.8 Å². The summed E-state index contributed by atoms with van der Waals surface area (Å²) in [5.74, 6) is 0. The van der Waals surface area contributed by atoms with E-state index in [0.29, 0.717) is 0 Å². The van der Waals surface area contributed by atoms with Crippen molar-refractivity contribution in [3.63, 3.8) is 0 Å². The standard InChI is InChI=1S/C5H11NO4/c1-4(2-7)10-5(9)6-3-8/h4,7-8H,2-3H2,1H3,(H,6,9). The second-order valence-electron chi connectivity index (χ2n) is 1.73. The Morgan fingerprint density at radius 1 is 1.70 bits per heavy atom. The minimum Gasteiger partial charge on any atom is -0.444 e. The lowest BCUT2D eigenvalue weighted by Gasteiger charge is -2.09. The van der Waals surface area contributed by atoms with Gasteiger partial charge < -0.3 is 14.9 Å². The van der Waals surface area contributed by atoms with Gasteiger partial charge in [0.2, 0.25) is 0 Å². The van der Waals surface area contributed by atoms with Crippen molar-refractivity contribution in [3.8, 4) is 0 Å². The number of carbonyl (C=O) groups excluding carboxylic acids is 1. The zero-order valence-corrected chi connectivity index (χ0v) is 5.70. The van der Waals surface area contributed by atoms with Gasteiger partial charge in [0, 0.05) is 0 Å². The van der Waals surface area contributed by atoms with Gasteiger partial charge >= 0.3 is 6.09 Å². The number of carbonyl (C=O) groups is 1. The molecule has 3 N–H and O–H groups in total. The van der Waals surface area contributed by atoms with Crippen molar-refractivity contribution in [3.05, 3.63) is 0 Å². The molecule has 0 heterocycles. The molecule has 1 atom stereocenters. The van der Waals surface area contributed by atoms with Crippen LogP contribution in [0.1, 0.15) is 6.92 Å². The third-order valence-electron chi connectivity index (χ3n) is 0.789. The molecule has 0 aromatic carbocycles. The van der Waals surface area contributed by atoms with Crippen LogP contribution in [0.3, 0.4) is 0 Å². The minimum atomic E-state index is -0.732. The lowest BCUT2D eigenvalue weighted by molar-refractivity contribution is 0.0629. The summed E-state index contributed by atoms with van der Waals surface area (Å²) in [6.45, 7) is 0.854. The first-order chi connectivity index (χ1) is 4.70. The summed E-state index contributed by atoms with van der Waals surface area (Å²) in [5.41, 5.74) is 0. The van der Waals surface area contributed by atoms with E-state index in [1.54, 1.807) is 0 Å². The molecule has 0 saturated heterocycles. The molecule has 0 aromatic heterocycles. The maximum absolute atomic E-state index is 10.4. The second kappa shape index (κ2) is 5.01. The molecule has 0 aliphatic carbocycles. The van der Waals surface area contributed by atoms with Crippen molar-refractivity contribution >= 4 is 6.09 Å². The number of aliphatic hydroxyl groups is 2. The fourth-order valence-electron chi connectivity index (χ4n) is 0.326. The van der Waals surface area contributed by atoms with E-state index in [1.807, 2.05) is 5.32 Å². The first kappa shape index (κ1) is 9.19. The molecule has 0 radical (unpaired) electrons. The number of amides is 1. The molecule has 5 heteroatoms. The van der Waals surface area contributed by atoms with Crippen LogP contribution in [0.15, 0.2) is 0 Å². The van der Waals surface area contributed by atoms with Gasteiger partial charge in [0.05, 0.1) is 6.61 Å². The quantitative estimate of drug-likeness (QED) is 0.452. The van der Waals surface area contributed by atoms with Crippen LogP contribution in [0.4, 0.5) is 4.79 Å². The molecule has 0 rings (SSSR count). The van der Waals surface area contributed by atoms with Crippen molar-refractivity contribution < 1.29 is 19.7 Å². The Hall–Kier alpha value is -0.810. The number of alkyl carbamates (subject to hydrolysis) is 1. The van der Waals surface area contributed by atoms with Crippen LogP contribution in [-0.2, 0) is 4.74 Å². The molecule has 0 aliphatic heterocycles. The Kier molecular flexibility index (Phi) is 4.61. The lowest BCUT2D eigenvalue weighted by Crippen LogP contribution is -2.29. The minimum absolute atomic E-state index is 0.223. The molecule has 60 valence electrons. The zero-order valence-electron chi connectivity index (χ0n) is 5.70. The normalized spacial score (nSPS) is 12.3. The summed E-state index contributed by atoms with van der Waals surface area (Å²) in [6, 6.07) is 0. The second-order valence-corrected chi connectivity index (χ2v) is 1.73. The molecule has 10 heavy (non-hydrogen) atoms. The summed E-state index contributed by atoms with van der Waals surface area (Å²) in [4.78, 5) is 10.4. The number of rotatable bonds is 3. The van der Waals surface area contributed by atoms with E-state index in [4.69, 9.17) is 10.2 Å². The predicted octanol–water partition coefficient (Wildman–Crippen LogP) is -0.957. The van der Waals surface area contributed by atoms with Crippen LogP contribution >= 0.6 is 0 Å². The Morgan fingerprint density at radius 3 is 2.70 bits per heavy atom. The molecule has 0 aromatic rings. The highest BCUT2D eigenvalue weighted by atomic mass is 16.6. The van der Waals surface area contributed by atoms with Gasteiger partial charge in [-0.3, -0.25) is 5.32 Å². The van der Waals surface area contributed by atoms with E-state index < -0.39 is 18.9 Å². The highest BCUT2D eigenvalue weighted by molar-refractivity contribution is 5.67. The van der Waals surface area contributed by atoms with E-state index in [9.17, 15) is 4.79 Å². The maximum atomic E-state index is 10.4. The largest absolute Gasteiger partial charge is 0.444 e. The number of nitrogens with one attached hydrogen (secondary N) is 1. The van der Waals surface area contributed by atoms with Crippen molar-refractivity contribution in [2.75, 3.05) is 13.3 Å². The van der Waals surface area contributed by atoms with Crippen LogP contribution in [0.25, 0.3) is 0 Å². The van der Waals surface area contributed by atoms with E-state index >= 15 is 0 Å². The zero-order chi connectivity index (χ0) is 7.98. The Labute approximate surface area is 58.6 Å². The van der Waals surface area contributed by atoms with Crippen LogP contribution in [0.2, 0.25) is 0 Å².